The zero-order valence-electron chi connectivity index (χ0n) is 12.5. The third kappa shape index (κ3) is 5.38. The van der Waals surface area contributed by atoms with E-state index in [0.717, 1.165) is 31.2 Å². The Morgan fingerprint density at radius 3 is 2.61 bits per heavy atom. The van der Waals surface area contributed by atoms with Gasteiger partial charge in [0.2, 0.25) is 5.91 Å². The highest BCUT2D eigenvalue weighted by molar-refractivity contribution is 5.81. The standard InChI is InChI=1S/C15H30N2O/c1-5-6-12(3)17-15(18)13(4)16-10-14-8-7-11(2)9-14/h11-14,16H,5-10H2,1-4H3,(H,17,18). The van der Waals surface area contributed by atoms with E-state index in [1.807, 2.05) is 6.92 Å². The molecule has 1 fully saturated rings. The molecule has 0 aromatic heterocycles. The van der Waals surface area contributed by atoms with Crippen LogP contribution in [0.15, 0.2) is 0 Å². The van der Waals surface area contributed by atoms with Crippen LogP contribution in [0.5, 0.6) is 0 Å². The Bertz CT molecular complexity index is 255. The molecule has 18 heavy (non-hydrogen) atoms. The maximum atomic E-state index is 11.9. The Hall–Kier alpha value is -0.570. The normalized spacial score (nSPS) is 26.9. The summed E-state index contributed by atoms with van der Waals surface area (Å²) in [4.78, 5) is 11.9. The van der Waals surface area contributed by atoms with Crippen LogP contribution < -0.4 is 10.6 Å². The molecule has 2 N–H and O–H groups in total. The molecule has 1 aliphatic rings. The molecule has 0 spiro atoms. The predicted molar refractivity (Wildman–Crippen MR) is 76.5 cm³/mol. The second-order valence-electron chi connectivity index (χ2n) is 6.11. The fourth-order valence-electron chi connectivity index (χ4n) is 2.82. The summed E-state index contributed by atoms with van der Waals surface area (Å²) in [7, 11) is 0. The molecule has 4 unspecified atom stereocenters. The second-order valence-corrected chi connectivity index (χ2v) is 6.11. The lowest BCUT2D eigenvalue weighted by molar-refractivity contribution is -0.123. The Morgan fingerprint density at radius 2 is 2.06 bits per heavy atom. The van der Waals surface area contributed by atoms with Crippen LogP contribution in [-0.2, 0) is 4.79 Å². The van der Waals surface area contributed by atoms with Crippen molar-refractivity contribution in [2.24, 2.45) is 11.8 Å². The van der Waals surface area contributed by atoms with E-state index in [1.54, 1.807) is 0 Å². The largest absolute Gasteiger partial charge is 0.352 e. The van der Waals surface area contributed by atoms with Crippen LogP contribution in [0.2, 0.25) is 0 Å². The van der Waals surface area contributed by atoms with E-state index in [9.17, 15) is 4.79 Å². The smallest absolute Gasteiger partial charge is 0.237 e. The average Bonchev–Trinajstić information content (AvgIpc) is 2.72. The summed E-state index contributed by atoms with van der Waals surface area (Å²) < 4.78 is 0. The number of nitrogens with one attached hydrogen (secondary N) is 2. The van der Waals surface area contributed by atoms with Gasteiger partial charge in [0.05, 0.1) is 6.04 Å². The minimum absolute atomic E-state index is 0.0692. The minimum Gasteiger partial charge on any atom is -0.352 e. The Labute approximate surface area is 112 Å². The van der Waals surface area contributed by atoms with Crippen LogP contribution in [0.3, 0.4) is 0 Å². The molecule has 0 radical (unpaired) electrons. The number of hydrogen-bond donors (Lipinski definition) is 2. The summed E-state index contributed by atoms with van der Waals surface area (Å²) in [5, 5.41) is 6.44. The molecule has 1 aliphatic carbocycles. The minimum atomic E-state index is -0.0692. The van der Waals surface area contributed by atoms with E-state index in [-0.39, 0.29) is 11.9 Å². The molecular weight excluding hydrogens is 224 g/mol. The molecule has 0 aromatic carbocycles. The molecule has 3 nitrogen and oxygen atoms in total. The quantitative estimate of drug-likeness (QED) is 0.733. The molecule has 106 valence electrons. The fourth-order valence-corrected chi connectivity index (χ4v) is 2.82. The van der Waals surface area contributed by atoms with E-state index in [4.69, 9.17) is 0 Å². The molecule has 0 aliphatic heterocycles. The van der Waals surface area contributed by atoms with E-state index in [1.165, 1.54) is 19.3 Å². The van der Waals surface area contributed by atoms with Gasteiger partial charge in [0.1, 0.15) is 0 Å². The lowest BCUT2D eigenvalue weighted by Crippen LogP contribution is -2.46. The number of amides is 1. The van der Waals surface area contributed by atoms with Crippen molar-refractivity contribution in [3.8, 4) is 0 Å². The van der Waals surface area contributed by atoms with Crippen molar-refractivity contribution in [3.63, 3.8) is 0 Å². The summed E-state index contributed by atoms with van der Waals surface area (Å²) >= 11 is 0. The molecular formula is C15H30N2O. The number of hydrogen-bond acceptors (Lipinski definition) is 2. The van der Waals surface area contributed by atoms with Gasteiger partial charge in [-0.1, -0.05) is 26.7 Å². The van der Waals surface area contributed by atoms with Gasteiger partial charge in [-0.25, -0.2) is 0 Å². The summed E-state index contributed by atoms with van der Waals surface area (Å²) in [5.41, 5.74) is 0. The van der Waals surface area contributed by atoms with Crippen molar-refractivity contribution in [1.82, 2.24) is 10.6 Å². The van der Waals surface area contributed by atoms with Crippen molar-refractivity contribution >= 4 is 5.91 Å². The number of carbonyl (C=O) groups excluding carboxylic acids is 1. The van der Waals surface area contributed by atoms with E-state index in [0.29, 0.717) is 6.04 Å². The van der Waals surface area contributed by atoms with Crippen molar-refractivity contribution < 1.29 is 4.79 Å². The van der Waals surface area contributed by atoms with Crippen LogP contribution >= 0.6 is 0 Å². The fraction of sp³-hybridized carbons (Fsp3) is 0.933. The maximum Gasteiger partial charge on any atom is 0.237 e. The Kier molecular flexibility index (Phi) is 6.69. The molecule has 1 rings (SSSR count). The Morgan fingerprint density at radius 1 is 1.33 bits per heavy atom. The molecule has 3 heteroatoms. The van der Waals surface area contributed by atoms with Gasteiger partial charge in [0.15, 0.2) is 0 Å². The topological polar surface area (TPSA) is 41.1 Å². The van der Waals surface area contributed by atoms with Crippen molar-refractivity contribution in [2.75, 3.05) is 6.54 Å². The molecule has 0 bridgehead atoms. The molecule has 1 saturated carbocycles. The molecule has 0 heterocycles. The monoisotopic (exact) mass is 254 g/mol. The van der Waals surface area contributed by atoms with Crippen LogP contribution in [0, 0.1) is 11.8 Å². The zero-order valence-corrected chi connectivity index (χ0v) is 12.5. The van der Waals surface area contributed by atoms with Gasteiger partial charge in [-0.15, -0.1) is 0 Å². The first kappa shape index (κ1) is 15.5. The van der Waals surface area contributed by atoms with E-state index in [2.05, 4.69) is 31.4 Å². The van der Waals surface area contributed by atoms with Gasteiger partial charge in [-0.3, -0.25) is 4.79 Å². The average molecular weight is 254 g/mol. The van der Waals surface area contributed by atoms with E-state index < -0.39 is 0 Å². The van der Waals surface area contributed by atoms with Gasteiger partial charge in [0, 0.05) is 6.04 Å². The second kappa shape index (κ2) is 7.78. The summed E-state index contributed by atoms with van der Waals surface area (Å²) in [6.45, 7) is 9.49. The van der Waals surface area contributed by atoms with Crippen LogP contribution in [0.1, 0.15) is 59.8 Å². The van der Waals surface area contributed by atoms with Gasteiger partial charge >= 0.3 is 0 Å². The van der Waals surface area contributed by atoms with Crippen molar-refractivity contribution in [3.05, 3.63) is 0 Å². The summed E-state index contributed by atoms with van der Waals surface area (Å²) in [6.07, 6.45) is 6.14. The first-order valence-electron chi connectivity index (χ1n) is 7.56. The molecule has 0 saturated heterocycles. The molecule has 1 amide bonds. The van der Waals surface area contributed by atoms with Gasteiger partial charge in [-0.2, -0.15) is 0 Å². The summed E-state index contributed by atoms with van der Waals surface area (Å²) in [6, 6.07) is 0.221. The highest BCUT2D eigenvalue weighted by Gasteiger charge is 2.22. The summed E-state index contributed by atoms with van der Waals surface area (Å²) in [5.74, 6) is 1.77. The third-order valence-electron chi connectivity index (χ3n) is 4.02. The van der Waals surface area contributed by atoms with E-state index >= 15 is 0 Å². The number of rotatable bonds is 7. The van der Waals surface area contributed by atoms with Crippen molar-refractivity contribution in [1.29, 1.82) is 0 Å². The number of carbonyl (C=O) groups is 1. The zero-order chi connectivity index (χ0) is 13.5. The van der Waals surface area contributed by atoms with Crippen molar-refractivity contribution in [2.45, 2.75) is 71.9 Å². The SMILES string of the molecule is CCCC(C)NC(=O)C(C)NCC1CCC(C)C1. The van der Waals surface area contributed by atoms with Gasteiger partial charge in [-0.05, 0) is 51.5 Å². The van der Waals surface area contributed by atoms with Crippen LogP contribution in [0.4, 0.5) is 0 Å². The lowest BCUT2D eigenvalue weighted by Gasteiger charge is -2.19. The first-order valence-corrected chi connectivity index (χ1v) is 7.56. The molecule has 4 atom stereocenters. The van der Waals surface area contributed by atoms with Crippen LogP contribution in [-0.4, -0.2) is 24.5 Å². The van der Waals surface area contributed by atoms with Gasteiger partial charge in [0.25, 0.3) is 0 Å². The van der Waals surface area contributed by atoms with Crippen LogP contribution in [0.25, 0.3) is 0 Å². The predicted octanol–water partition coefficient (Wildman–Crippen LogP) is 2.71. The van der Waals surface area contributed by atoms with Gasteiger partial charge < -0.3 is 10.6 Å². The maximum absolute atomic E-state index is 11.9. The third-order valence-corrected chi connectivity index (χ3v) is 4.02. The lowest BCUT2D eigenvalue weighted by atomic mass is 10.1. The highest BCUT2D eigenvalue weighted by Crippen LogP contribution is 2.29. The first-order chi connectivity index (χ1) is 8.52. The highest BCUT2D eigenvalue weighted by atomic mass is 16.2. The molecule has 0 aromatic rings. The Balaban J connectivity index is 2.19.